The normalized spacial score (nSPS) is 35.0. The summed E-state index contributed by atoms with van der Waals surface area (Å²) in [5.74, 6) is 2.87. The largest absolute Gasteiger partial charge is 0.411 e. The van der Waals surface area contributed by atoms with Crippen LogP contribution in [0, 0.1) is 34.5 Å². The lowest BCUT2D eigenvalue weighted by molar-refractivity contribution is -0.0914. The number of aliphatic hydroxyl groups excluding tert-OH is 1. The predicted octanol–water partition coefficient (Wildman–Crippen LogP) is 11.0. The molecule has 3 aliphatic rings. The topological polar surface area (TPSA) is 47.9 Å². The molecular weight excluding hydrogens is 577 g/mol. The van der Waals surface area contributed by atoms with Crippen LogP contribution in [-0.2, 0) is 13.6 Å². The monoisotopic (exact) mass is 653 g/mol. The summed E-state index contributed by atoms with van der Waals surface area (Å²) in [7, 11) is -4.05. The van der Waals surface area contributed by atoms with Crippen molar-refractivity contribution >= 4 is 16.6 Å². The minimum atomic E-state index is -2.03. The van der Waals surface area contributed by atoms with Gasteiger partial charge in [-0.1, -0.05) is 82.1 Å². The second-order valence-electron chi connectivity index (χ2n) is 20.1. The predicted molar refractivity (Wildman–Crippen MR) is 193 cm³/mol. The summed E-state index contributed by atoms with van der Waals surface area (Å²) >= 11 is 0. The van der Waals surface area contributed by atoms with Gasteiger partial charge in [-0.2, -0.15) is 0 Å². The van der Waals surface area contributed by atoms with Crippen LogP contribution in [0.2, 0.25) is 36.3 Å². The molecule has 0 aromatic carbocycles. The first-order valence-corrected chi connectivity index (χ1v) is 24.3. The van der Waals surface area contributed by atoms with Crippen LogP contribution in [0.15, 0.2) is 0 Å². The van der Waals surface area contributed by atoms with E-state index in [-0.39, 0.29) is 22.3 Å². The summed E-state index contributed by atoms with van der Waals surface area (Å²) in [4.78, 5) is 0. The van der Waals surface area contributed by atoms with Gasteiger partial charge in [-0.05, 0) is 129 Å². The average Bonchev–Trinajstić information content (AvgIpc) is 3.20. The Morgan fingerprint density at radius 1 is 0.795 bits per heavy atom. The molecule has 0 saturated heterocycles. The molecule has 9 atom stereocenters. The maximum atomic E-state index is 11.7. The van der Waals surface area contributed by atoms with Crippen molar-refractivity contribution in [2.45, 2.75) is 201 Å². The molecule has 0 aliphatic heterocycles. The summed E-state index contributed by atoms with van der Waals surface area (Å²) in [6, 6.07) is 0. The van der Waals surface area contributed by atoms with Crippen molar-refractivity contribution in [1.29, 1.82) is 0 Å². The fourth-order valence-corrected chi connectivity index (χ4v) is 11.2. The molecule has 3 fully saturated rings. The summed E-state index contributed by atoms with van der Waals surface area (Å²) in [6.45, 7) is 36.0. The van der Waals surface area contributed by atoms with Gasteiger partial charge in [-0.15, -0.1) is 0 Å². The SMILES string of the molecule is C[C@@H](OCCC(C)(C)C)C1CCC2C(CCC3C[C@H](O[Si](C)(C)C(C)(C)C)C(O)[C@H](O[Si](C)(C)C(C)(C)C)C3)CCCC21C. The molecule has 0 radical (unpaired) electrons. The van der Waals surface area contributed by atoms with Crippen molar-refractivity contribution in [2.75, 3.05) is 6.61 Å². The van der Waals surface area contributed by atoms with Gasteiger partial charge in [0.2, 0.25) is 0 Å². The molecule has 6 heteroatoms. The van der Waals surface area contributed by atoms with E-state index in [2.05, 4.69) is 102 Å². The van der Waals surface area contributed by atoms with Gasteiger partial charge in [-0.25, -0.2) is 0 Å². The van der Waals surface area contributed by atoms with Crippen molar-refractivity contribution in [2.24, 2.45) is 34.5 Å². The number of hydrogen-bond acceptors (Lipinski definition) is 4. The lowest BCUT2D eigenvalue weighted by Gasteiger charge is -2.49. The zero-order chi connectivity index (χ0) is 33.5. The Kier molecular flexibility index (Phi) is 12.3. The Labute approximate surface area is 276 Å². The smallest absolute Gasteiger partial charge is 0.192 e. The number of fused-ring (bicyclic) bond motifs is 1. The van der Waals surface area contributed by atoms with Gasteiger partial charge in [0, 0.05) is 6.61 Å². The van der Waals surface area contributed by atoms with E-state index < -0.39 is 22.7 Å². The van der Waals surface area contributed by atoms with Gasteiger partial charge >= 0.3 is 0 Å². The molecule has 0 heterocycles. The van der Waals surface area contributed by atoms with Gasteiger partial charge in [0.25, 0.3) is 0 Å². The van der Waals surface area contributed by atoms with Crippen molar-refractivity contribution in [3.63, 3.8) is 0 Å². The minimum absolute atomic E-state index is 0.120. The Morgan fingerprint density at radius 2 is 1.32 bits per heavy atom. The van der Waals surface area contributed by atoms with E-state index in [9.17, 15) is 5.11 Å². The highest BCUT2D eigenvalue weighted by atomic mass is 28.4. The van der Waals surface area contributed by atoms with E-state index in [4.69, 9.17) is 13.6 Å². The fourth-order valence-electron chi connectivity index (χ4n) is 8.47. The van der Waals surface area contributed by atoms with Crippen LogP contribution in [0.25, 0.3) is 0 Å². The van der Waals surface area contributed by atoms with Crippen LogP contribution >= 0.6 is 0 Å². The van der Waals surface area contributed by atoms with E-state index in [1.165, 1.54) is 44.9 Å². The zero-order valence-electron chi connectivity index (χ0n) is 32.1. The number of ether oxygens (including phenoxy) is 1. The molecule has 260 valence electrons. The lowest BCUT2D eigenvalue weighted by atomic mass is 9.59. The molecular formula is C38H76O4Si2. The quantitative estimate of drug-likeness (QED) is 0.226. The van der Waals surface area contributed by atoms with Gasteiger partial charge in [0.15, 0.2) is 16.6 Å². The number of aliphatic hydroxyl groups is 1. The number of rotatable bonds is 11. The lowest BCUT2D eigenvalue weighted by Crippen LogP contribution is -2.56. The summed E-state index contributed by atoms with van der Waals surface area (Å²) in [6.07, 6.45) is 12.0. The van der Waals surface area contributed by atoms with E-state index in [0.29, 0.717) is 28.8 Å². The van der Waals surface area contributed by atoms with Gasteiger partial charge in [-0.3, -0.25) is 0 Å². The second-order valence-corrected chi connectivity index (χ2v) is 29.6. The number of hydrogen-bond donors (Lipinski definition) is 1. The maximum absolute atomic E-state index is 11.7. The Hall–Kier alpha value is 0.274. The van der Waals surface area contributed by atoms with Crippen LogP contribution in [-0.4, -0.2) is 52.8 Å². The van der Waals surface area contributed by atoms with E-state index in [1.807, 2.05) is 0 Å². The van der Waals surface area contributed by atoms with Crippen LogP contribution < -0.4 is 0 Å². The Balaban J connectivity index is 1.71. The molecule has 0 aromatic rings. The third kappa shape index (κ3) is 9.24. The molecule has 3 rings (SSSR count). The van der Waals surface area contributed by atoms with Crippen LogP contribution in [0.1, 0.15) is 140 Å². The third-order valence-electron chi connectivity index (χ3n) is 13.5. The molecule has 1 N–H and O–H groups in total. The molecule has 3 aliphatic carbocycles. The average molecular weight is 653 g/mol. The van der Waals surface area contributed by atoms with Crippen molar-refractivity contribution in [1.82, 2.24) is 0 Å². The molecule has 4 nitrogen and oxygen atoms in total. The van der Waals surface area contributed by atoms with E-state index >= 15 is 0 Å². The zero-order valence-corrected chi connectivity index (χ0v) is 34.1. The van der Waals surface area contributed by atoms with Gasteiger partial charge in [0.1, 0.15) is 6.10 Å². The van der Waals surface area contributed by atoms with Crippen molar-refractivity contribution in [3.8, 4) is 0 Å². The molecule has 44 heavy (non-hydrogen) atoms. The van der Waals surface area contributed by atoms with Crippen LogP contribution in [0.4, 0.5) is 0 Å². The maximum Gasteiger partial charge on any atom is 0.192 e. The standard InChI is InChI=1S/C38H76O4Si2/c1-27(40-24-23-35(2,3)4)30-20-21-31-29(17-16-22-38(30,31)11)19-18-28-25-32(41-43(12,13)36(5,6)7)34(39)33(26-28)42-44(14,15)37(8,9)10/h27-34,39H,16-26H2,1-15H3/t27-,28?,29?,30?,31?,32-,33+,34?,38?/m1/s1. The fraction of sp³-hybridized carbons (Fsp3) is 1.00. The molecule has 0 aromatic heterocycles. The van der Waals surface area contributed by atoms with Crippen molar-refractivity contribution < 1.29 is 18.7 Å². The highest BCUT2D eigenvalue weighted by molar-refractivity contribution is 6.74. The molecule has 0 spiro atoms. The van der Waals surface area contributed by atoms with E-state index in [1.54, 1.807) is 0 Å². The van der Waals surface area contributed by atoms with Crippen LogP contribution in [0.5, 0.6) is 0 Å². The molecule has 0 amide bonds. The molecule has 6 unspecified atom stereocenters. The van der Waals surface area contributed by atoms with Gasteiger partial charge in [0.05, 0.1) is 18.3 Å². The first-order valence-electron chi connectivity index (χ1n) is 18.5. The first kappa shape index (κ1) is 38.7. The minimum Gasteiger partial charge on any atom is -0.411 e. The van der Waals surface area contributed by atoms with E-state index in [0.717, 1.165) is 37.7 Å². The third-order valence-corrected chi connectivity index (χ3v) is 22.5. The first-order chi connectivity index (χ1) is 19.9. The molecule has 3 saturated carbocycles. The molecule has 0 bridgehead atoms. The Morgan fingerprint density at radius 3 is 1.80 bits per heavy atom. The highest BCUT2D eigenvalue weighted by Gasteiger charge is 2.53. The summed E-state index contributed by atoms with van der Waals surface area (Å²) < 4.78 is 20.5. The van der Waals surface area contributed by atoms with Crippen molar-refractivity contribution in [3.05, 3.63) is 0 Å². The van der Waals surface area contributed by atoms with Crippen LogP contribution in [0.3, 0.4) is 0 Å². The second kappa shape index (κ2) is 14.0. The summed E-state index contributed by atoms with van der Waals surface area (Å²) in [5, 5.41) is 12.0. The summed E-state index contributed by atoms with van der Waals surface area (Å²) in [5.41, 5.74) is 0.741. The van der Waals surface area contributed by atoms with Gasteiger partial charge < -0.3 is 18.7 Å². The Bertz CT molecular complexity index is 875. The highest BCUT2D eigenvalue weighted by Crippen LogP contribution is 2.60.